The number of carbonyl (C=O) groups excluding carboxylic acids is 2. The van der Waals surface area contributed by atoms with Gasteiger partial charge in [0.2, 0.25) is 5.91 Å². The number of nitrogens with one attached hydrogen (secondary N) is 2. The van der Waals surface area contributed by atoms with Crippen molar-refractivity contribution in [3.05, 3.63) is 83.7 Å². The first kappa shape index (κ1) is 19.4. The van der Waals surface area contributed by atoms with Crippen LogP contribution in [0.4, 0.5) is 0 Å². The minimum Gasteiger partial charge on any atom is -0.361 e. The van der Waals surface area contributed by atoms with E-state index in [4.69, 9.17) is 0 Å². The SMILES string of the molecule is CCCCC(=O)/C(=C/c1c[nH]c2ccccc12)NC(=O)/C=C/c1ccccc1. The highest BCUT2D eigenvalue weighted by Gasteiger charge is 2.13. The summed E-state index contributed by atoms with van der Waals surface area (Å²) in [5.74, 6) is -0.381. The normalized spacial score (nSPS) is 11.8. The van der Waals surface area contributed by atoms with Crippen molar-refractivity contribution in [2.75, 3.05) is 0 Å². The molecule has 142 valence electrons. The van der Waals surface area contributed by atoms with Crippen molar-refractivity contribution in [2.45, 2.75) is 26.2 Å². The van der Waals surface area contributed by atoms with E-state index in [0.29, 0.717) is 12.1 Å². The number of carbonyl (C=O) groups is 2. The molecule has 0 spiro atoms. The van der Waals surface area contributed by atoms with E-state index in [9.17, 15) is 9.59 Å². The first-order valence-corrected chi connectivity index (χ1v) is 9.52. The lowest BCUT2D eigenvalue weighted by Crippen LogP contribution is -2.25. The molecule has 28 heavy (non-hydrogen) atoms. The summed E-state index contributed by atoms with van der Waals surface area (Å²) < 4.78 is 0. The monoisotopic (exact) mass is 372 g/mol. The number of fused-ring (bicyclic) bond motifs is 1. The summed E-state index contributed by atoms with van der Waals surface area (Å²) in [5, 5.41) is 3.78. The number of allylic oxidation sites excluding steroid dienone is 1. The molecule has 0 aliphatic rings. The van der Waals surface area contributed by atoms with Crippen molar-refractivity contribution in [3.63, 3.8) is 0 Å². The molecule has 1 heterocycles. The largest absolute Gasteiger partial charge is 0.361 e. The third-order valence-electron chi connectivity index (χ3n) is 4.46. The average Bonchev–Trinajstić information content (AvgIpc) is 3.13. The van der Waals surface area contributed by atoms with Crippen molar-refractivity contribution >= 4 is 34.7 Å². The summed E-state index contributed by atoms with van der Waals surface area (Å²) in [6, 6.07) is 17.4. The van der Waals surface area contributed by atoms with Crippen molar-refractivity contribution in [1.82, 2.24) is 10.3 Å². The van der Waals surface area contributed by atoms with Crippen LogP contribution in [0, 0.1) is 0 Å². The number of benzene rings is 2. The zero-order valence-corrected chi connectivity index (χ0v) is 15.9. The maximum absolute atomic E-state index is 12.7. The molecular weight excluding hydrogens is 348 g/mol. The molecule has 0 saturated carbocycles. The summed E-state index contributed by atoms with van der Waals surface area (Å²) in [4.78, 5) is 28.2. The fourth-order valence-corrected chi connectivity index (χ4v) is 2.94. The molecule has 2 N–H and O–H groups in total. The lowest BCUT2D eigenvalue weighted by atomic mass is 10.1. The van der Waals surface area contributed by atoms with Crippen molar-refractivity contribution in [1.29, 1.82) is 0 Å². The Labute approximate surface area is 165 Å². The molecule has 0 atom stereocenters. The van der Waals surface area contributed by atoms with Crippen LogP contribution in [-0.4, -0.2) is 16.7 Å². The van der Waals surface area contributed by atoms with Gasteiger partial charge in [0, 0.05) is 35.2 Å². The maximum atomic E-state index is 12.7. The fourth-order valence-electron chi connectivity index (χ4n) is 2.94. The molecule has 0 bridgehead atoms. The van der Waals surface area contributed by atoms with Gasteiger partial charge in [0.1, 0.15) is 0 Å². The van der Waals surface area contributed by atoms with E-state index in [1.54, 1.807) is 12.2 Å². The quantitative estimate of drug-likeness (QED) is 0.541. The third-order valence-corrected chi connectivity index (χ3v) is 4.46. The number of Topliss-reactive ketones (excluding diaryl/α,β-unsaturated/α-hetero) is 1. The molecule has 4 heteroatoms. The van der Waals surface area contributed by atoms with Crippen LogP contribution >= 0.6 is 0 Å². The van der Waals surface area contributed by atoms with Gasteiger partial charge in [-0.1, -0.05) is 61.9 Å². The standard InChI is InChI=1S/C24H24N2O2/c1-2-3-13-23(27)22(16-19-17-25-21-12-8-7-11-20(19)21)26-24(28)15-14-18-9-5-4-6-10-18/h4-12,14-17,25H,2-3,13H2,1H3,(H,26,28)/b15-14+,22-16-. The molecule has 0 unspecified atom stereocenters. The van der Waals surface area contributed by atoms with E-state index in [1.165, 1.54) is 6.08 Å². The Morgan fingerprint density at radius 2 is 1.79 bits per heavy atom. The van der Waals surface area contributed by atoms with Gasteiger partial charge < -0.3 is 10.3 Å². The van der Waals surface area contributed by atoms with E-state index in [0.717, 1.165) is 34.9 Å². The topological polar surface area (TPSA) is 62.0 Å². The second-order valence-corrected chi connectivity index (χ2v) is 6.61. The summed E-state index contributed by atoms with van der Waals surface area (Å²) in [6.07, 6.45) is 8.91. The minimum atomic E-state index is -0.320. The van der Waals surface area contributed by atoms with Crippen LogP contribution in [0.1, 0.15) is 37.3 Å². The van der Waals surface area contributed by atoms with Crippen molar-refractivity contribution < 1.29 is 9.59 Å². The Kier molecular flexibility index (Phi) is 6.58. The molecule has 0 aliphatic heterocycles. The predicted octanol–water partition coefficient (Wildman–Crippen LogP) is 5.10. The lowest BCUT2D eigenvalue weighted by molar-refractivity contribution is -0.120. The number of para-hydroxylation sites is 1. The summed E-state index contributed by atoms with van der Waals surface area (Å²) in [7, 11) is 0. The Hall–Kier alpha value is -3.40. The minimum absolute atomic E-state index is 0.0615. The predicted molar refractivity (Wildman–Crippen MR) is 114 cm³/mol. The number of hydrogen-bond acceptors (Lipinski definition) is 2. The Balaban J connectivity index is 1.83. The number of amides is 1. The van der Waals surface area contributed by atoms with E-state index in [2.05, 4.69) is 10.3 Å². The highest BCUT2D eigenvalue weighted by atomic mass is 16.2. The number of unbranched alkanes of at least 4 members (excludes halogenated alkanes) is 1. The first-order chi connectivity index (χ1) is 13.7. The Bertz CT molecular complexity index is 1010. The number of aromatic nitrogens is 1. The highest BCUT2D eigenvalue weighted by molar-refractivity contribution is 6.06. The smallest absolute Gasteiger partial charge is 0.248 e. The molecule has 0 saturated heterocycles. The molecule has 0 aliphatic carbocycles. The number of rotatable bonds is 8. The zero-order chi connectivity index (χ0) is 19.8. The molecule has 2 aromatic carbocycles. The van der Waals surface area contributed by atoms with Gasteiger partial charge in [0.05, 0.1) is 5.70 Å². The number of ketones is 1. The van der Waals surface area contributed by atoms with Crippen LogP contribution in [0.3, 0.4) is 0 Å². The van der Waals surface area contributed by atoms with E-state index in [-0.39, 0.29) is 11.7 Å². The molecular formula is C24H24N2O2. The van der Waals surface area contributed by atoms with Crippen molar-refractivity contribution in [2.24, 2.45) is 0 Å². The van der Waals surface area contributed by atoms with Gasteiger partial charge in [-0.15, -0.1) is 0 Å². The summed E-state index contributed by atoms with van der Waals surface area (Å²) >= 11 is 0. The Morgan fingerprint density at radius 3 is 2.57 bits per heavy atom. The van der Waals surface area contributed by atoms with Gasteiger partial charge in [-0.05, 0) is 30.2 Å². The second-order valence-electron chi connectivity index (χ2n) is 6.61. The molecule has 3 rings (SSSR count). The van der Waals surface area contributed by atoms with E-state index >= 15 is 0 Å². The van der Waals surface area contributed by atoms with Gasteiger partial charge in [0.25, 0.3) is 0 Å². The second kappa shape index (κ2) is 9.51. The summed E-state index contributed by atoms with van der Waals surface area (Å²) in [6.45, 7) is 2.04. The van der Waals surface area contributed by atoms with Gasteiger partial charge in [-0.25, -0.2) is 0 Å². The van der Waals surface area contributed by atoms with Gasteiger partial charge >= 0.3 is 0 Å². The number of H-pyrrole nitrogens is 1. The van der Waals surface area contributed by atoms with Crippen LogP contribution in [0.15, 0.2) is 72.6 Å². The van der Waals surface area contributed by atoms with Crippen LogP contribution in [-0.2, 0) is 9.59 Å². The van der Waals surface area contributed by atoms with Crippen LogP contribution < -0.4 is 5.32 Å². The average molecular weight is 372 g/mol. The van der Waals surface area contributed by atoms with Crippen LogP contribution in [0.25, 0.3) is 23.1 Å². The number of aromatic amines is 1. The molecule has 1 aromatic heterocycles. The first-order valence-electron chi connectivity index (χ1n) is 9.52. The Morgan fingerprint density at radius 1 is 1.04 bits per heavy atom. The van der Waals surface area contributed by atoms with Gasteiger partial charge in [0.15, 0.2) is 5.78 Å². The molecule has 0 fully saturated rings. The number of hydrogen-bond donors (Lipinski definition) is 2. The summed E-state index contributed by atoms with van der Waals surface area (Å²) in [5.41, 5.74) is 3.12. The zero-order valence-electron chi connectivity index (χ0n) is 15.9. The molecule has 1 amide bonds. The van der Waals surface area contributed by atoms with E-state index < -0.39 is 0 Å². The molecule has 4 nitrogen and oxygen atoms in total. The van der Waals surface area contributed by atoms with Crippen LogP contribution in [0.5, 0.6) is 0 Å². The van der Waals surface area contributed by atoms with Crippen molar-refractivity contribution in [3.8, 4) is 0 Å². The maximum Gasteiger partial charge on any atom is 0.248 e. The van der Waals surface area contributed by atoms with E-state index in [1.807, 2.05) is 67.7 Å². The van der Waals surface area contributed by atoms with Gasteiger partial charge in [-0.2, -0.15) is 0 Å². The lowest BCUT2D eigenvalue weighted by Gasteiger charge is -2.07. The molecule has 0 radical (unpaired) electrons. The fraction of sp³-hybridized carbons (Fsp3) is 0.167. The third kappa shape index (κ3) is 5.07. The highest BCUT2D eigenvalue weighted by Crippen LogP contribution is 2.20. The van der Waals surface area contributed by atoms with Gasteiger partial charge in [-0.3, -0.25) is 9.59 Å². The molecule has 3 aromatic rings. The van der Waals surface area contributed by atoms with Crippen LogP contribution in [0.2, 0.25) is 0 Å².